The van der Waals surface area contributed by atoms with E-state index in [9.17, 15) is 4.79 Å². The van der Waals surface area contributed by atoms with Gasteiger partial charge in [-0.1, -0.05) is 5.16 Å². The van der Waals surface area contributed by atoms with E-state index >= 15 is 0 Å². The van der Waals surface area contributed by atoms with E-state index in [2.05, 4.69) is 14.7 Å². The number of aromatic nitrogens is 2. The van der Waals surface area contributed by atoms with Gasteiger partial charge in [0.15, 0.2) is 0 Å². The Morgan fingerprint density at radius 3 is 2.71 bits per heavy atom. The second-order valence-corrected chi connectivity index (χ2v) is 2.61. The van der Waals surface area contributed by atoms with Crippen molar-refractivity contribution in [2.24, 2.45) is 0 Å². The summed E-state index contributed by atoms with van der Waals surface area (Å²) in [5.41, 5.74) is 1.18. The molecule has 70 valence electrons. The molecule has 0 aromatic carbocycles. The molecule has 0 aliphatic rings. The van der Waals surface area contributed by atoms with Crippen molar-refractivity contribution < 1.29 is 14.4 Å². The monoisotopic (exact) mass is 190 g/mol. The van der Waals surface area contributed by atoms with Crippen LogP contribution < -0.4 is 0 Å². The van der Waals surface area contributed by atoms with Crippen LogP contribution >= 0.6 is 0 Å². The molecule has 14 heavy (non-hydrogen) atoms. The Morgan fingerprint density at radius 1 is 1.36 bits per heavy atom. The van der Waals surface area contributed by atoms with Crippen LogP contribution in [0.5, 0.6) is 0 Å². The molecule has 0 spiro atoms. The first-order valence-electron chi connectivity index (χ1n) is 3.87. The van der Waals surface area contributed by atoms with Crippen molar-refractivity contribution in [2.45, 2.75) is 0 Å². The smallest absolute Gasteiger partial charge is 0.375 e. The summed E-state index contributed by atoms with van der Waals surface area (Å²) in [7, 11) is 0. The highest BCUT2D eigenvalue weighted by Gasteiger charge is 2.16. The van der Waals surface area contributed by atoms with Gasteiger partial charge in [0.25, 0.3) is 5.76 Å². The molecule has 0 saturated heterocycles. The maximum Gasteiger partial charge on any atom is 0.375 e. The highest BCUT2D eigenvalue weighted by Crippen LogP contribution is 2.22. The van der Waals surface area contributed by atoms with Gasteiger partial charge in [-0.05, 0) is 17.7 Å². The molecule has 2 heterocycles. The maximum atomic E-state index is 10.7. The molecule has 0 radical (unpaired) electrons. The molecule has 0 amide bonds. The van der Waals surface area contributed by atoms with Crippen LogP contribution in [0, 0.1) is 0 Å². The lowest BCUT2D eigenvalue weighted by Gasteiger charge is -1.95. The molecule has 2 rings (SSSR count). The summed E-state index contributed by atoms with van der Waals surface area (Å²) < 4.78 is 4.61. The first-order chi connectivity index (χ1) is 6.79. The number of nitrogens with zero attached hydrogens (tertiary/aromatic N) is 2. The van der Waals surface area contributed by atoms with Crippen LogP contribution in [0.25, 0.3) is 11.1 Å². The van der Waals surface area contributed by atoms with Crippen molar-refractivity contribution >= 4 is 5.97 Å². The van der Waals surface area contributed by atoms with Gasteiger partial charge in [0.2, 0.25) is 0 Å². The Morgan fingerprint density at radius 2 is 2.07 bits per heavy atom. The Bertz CT molecular complexity index is 450. The summed E-state index contributed by atoms with van der Waals surface area (Å²) in [6, 6.07) is 3.39. The van der Waals surface area contributed by atoms with Crippen molar-refractivity contribution in [2.75, 3.05) is 0 Å². The van der Waals surface area contributed by atoms with E-state index in [0.29, 0.717) is 5.56 Å². The molecule has 0 saturated carbocycles. The summed E-state index contributed by atoms with van der Waals surface area (Å²) in [4.78, 5) is 14.5. The van der Waals surface area contributed by atoms with Gasteiger partial charge in [-0.2, -0.15) is 0 Å². The largest absolute Gasteiger partial charge is 0.475 e. The third-order valence-electron chi connectivity index (χ3n) is 1.76. The molecular weight excluding hydrogens is 184 g/mol. The zero-order valence-electron chi connectivity index (χ0n) is 7.04. The van der Waals surface area contributed by atoms with Crippen molar-refractivity contribution in [3.63, 3.8) is 0 Å². The summed E-state index contributed by atoms with van der Waals surface area (Å²) in [5.74, 6) is -1.29. The first kappa shape index (κ1) is 8.43. The van der Waals surface area contributed by atoms with Gasteiger partial charge in [-0.3, -0.25) is 4.98 Å². The fourth-order valence-electron chi connectivity index (χ4n) is 1.13. The molecule has 0 fully saturated rings. The lowest BCUT2D eigenvalue weighted by atomic mass is 10.1. The van der Waals surface area contributed by atoms with Gasteiger partial charge in [-0.25, -0.2) is 4.79 Å². The Hall–Kier alpha value is -2.17. The van der Waals surface area contributed by atoms with E-state index in [-0.39, 0.29) is 5.76 Å². The fraction of sp³-hybridized carbons (Fsp3) is 0. The summed E-state index contributed by atoms with van der Waals surface area (Å²) >= 11 is 0. The number of carbonyl (C=O) groups is 1. The zero-order chi connectivity index (χ0) is 9.97. The summed E-state index contributed by atoms with van der Waals surface area (Å²) in [6.45, 7) is 0. The van der Waals surface area contributed by atoms with E-state index in [4.69, 9.17) is 5.11 Å². The minimum absolute atomic E-state index is 0.156. The average Bonchev–Trinajstić information content (AvgIpc) is 2.67. The SMILES string of the molecule is O=C(O)c1oncc1-c1ccncc1. The van der Waals surface area contributed by atoms with Crippen LogP contribution in [0.3, 0.4) is 0 Å². The number of pyridine rings is 1. The molecule has 2 aromatic rings. The van der Waals surface area contributed by atoms with Gasteiger partial charge in [0.1, 0.15) is 0 Å². The average molecular weight is 190 g/mol. The van der Waals surface area contributed by atoms with E-state index in [1.54, 1.807) is 24.5 Å². The predicted molar refractivity (Wildman–Crippen MR) is 46.7 cm³/mol. The molecule has 5 heteroatoms. The van der Waals surface area contributed by atoms with E-state index in [1.807, 2.05) is 0 Å². The Labute approximate surface area is 79.0 Å². The van der Waals surface area contributed by atoms with Crippen LogP contribution in [-0.4, -0.2) is 21.2 Å². The third-order valence-corrected chi connectivity index (χ3v) is 1.76. The molecule has 0 aliphatic heterocycles. The van der Waals surface area contributed by atoms with Gasteiger partial charge < -0.3 is 9.63 Å². The van der Waals surface area contributed by atoms with Crippen LogP contribution in [0.1, 0.15) is 10.6 Å². The Kier molecular flexibility index (Phi) is 1.98. The number of aromatic carboxylic acids is 1. The van der Waals surface area contributed by atoms with Gasteiger partial charge in [0.05, 0.1) is 11.8 Å². The normalized spacial score (nSPS) is 10.0. The predicted octanol–water partition coefficient (Wildman–Crippen LogP) is 1.43. The number of carboxylic acids is 1. The quantitative estimate of drug-likeness (QED) is 0.775. The second-order valence-electron chi connectivity index (χ2n) is 2.61. The minimum atomic E-state index is -1.13. The standard InChI is InChI=1S/C9H6N2O3/c12-9(13)8-7(5-11-14-8)6-1-3-10-4-2-6/h1-5H,(H,12,13). The lowest BCUT2D eigenvalue weighted by molar-refractivity contribution is 0.0653. The molecular formula is C9H6N2O3. The molecule has 1 N–H and O–H groups in total. The first-order valence-corrected chi connectivity index (χ1v) is 3.87. The molecule has 5 nitrogen and oxygen atoms in total. The van der Waals surface area contributed by atoms with Crippen molar-refractivity contribution in [3.8, 4) is 11.1 Å². The molecule has 0 atom stereocenters. The van der Waals surface area contributed by atoms with E-state index in [1.165, 1.54) is 6.20 Å². The highest BCUT2D eigenvalue weighted by atomic mass is 16.5. The van der Waals surface area contributed by atoms with Crippen LogP contribution in [0.4, 0.5) is 0 Å². The van der Waals surface area contributed by atoms with E-state index in [0.717, 1.165) is 5.56 Å². The number of hydrogen-bond donors (Lipinski definition) is 1. The number of hydrogen-bond acceptors (Lipinski definition) is 4. The lowest BCUT2D eigenvalue weighted by Crippen LogP contribution is -1.95. The topological polar surface area (TPSA) is 76.2 Å². The summed E-state index contributed by atoms with van der Waals surface area (Å²) in [6.07, 6.45) is 4.53. The Balaban J connectivity index is 2.52. The summed E-state index contributed by atoms with van der Waals surface area (Å²) in [5, 5.41) is 12.2. The van der Waals surface area contributed by atoms with Crippen LogP contribution in [-0.2, 0) is 0 Å². The zero-order valence-corrected chi connectivity index (χ0v) is 7.04. The van der Waals surface area contributed by atoms with Crippen molar-refractivity contribution in [1.29, 1.82) is 0 Å². The van der Waals surface area contributed by atoms with Gasteiger partial charge >= 0.3 is 5.97 Å². The number of rotatable bonds is 2. The van der Waals surface area contributed by atoms with Crippen LogP contribution in [0.15, 0.2) is 35.2 Å². The van der Waals surface area contributed by atoms with Gasteiger partial charge in [-0.15, -0.1) is 0 Å². The minimum Gasteiger partial charge on any atom is -0.475 e. The van der Waals surface area contributed by atoms with Crippen molar-refractivity contribution in [3.05, 3.63) is 36.5 Å². The molecule has 0 unspecified atom stereocenters. The molecule has 0 aliphatic carbocycles. The fourth-order valence-corrected chi connectivity index (χ4v) is 1.13. The van der Waals surface area contributed by atoms with Crippen molar-refractivity contribution in [1.82, 2.24) is 10.1 Å². The third kappa shape index (κ3) is 1.35. The van der Waals surface area contributed by atoms with E-state index < -0.39 is 5.97 Å². The van der Waals surface area contributed by atoms with Crippen LogP contribution in [0.2, 0.25) is 0 Å². The number of carboxylic acid groups (broad SMARTS) is 1. The highest BCUT2D eigenvalue weighted by molar-refractivity contribution is 5.92. The molecule has 0 bridgehead atoms. The second kappa shape index (κ2) is 3.29. The maximum absolute atomic E-state index is 10.7. The molecule has 2 aromatic heterocycles. The van der Waals surface area contributed by atoms with Gasteiger partial charge in [0, 0.05) is 12.4 Å².